The number of hydrogen-bond donors (Lipinski definition) is 0. The van der Waals surface area contributed by atoms with Crippen molar-refractivity contribution in [2.45, 2.75) is 32.6 Å². The monoisotopic (exact) mass is 217 g/mol. The fourth-order valence-electron chi connectivity index (χ4n) is 1.89. The van der Waals surface area contributed by atoms with Crippen molar-refractivity contribution < 1.29 is 9.59 Å². The van der Waals surface area contributed by atoms with Crippen LogP contribution in [0.5, 0.6) is 0 Å². The molecule has 0 unspecified atom stereocenters. The summed E-state index contributed by atoms with van der Waals surface area (Å²) in [4.78, 5) is 24.4. The van der Waals surface area contributed by atoms with Crippen LogP contribution in [0.25, 0.3) is 0 Å². The number of amides is 2. The van der Waals surface area contributed by atoms with Crippen LogP contribution in [-0.2, 0) is 9.59 Å². The number of imide groups is 1. The van der Waals surface area contributed by atoms with Crippen LogP contribution in [0.4, 0.5) is 5.69 Å². The van der Waals surface area contributed by atoms with Crippen LogP contribution in [0.1, 0.15) is 38.2 Å². The molecule has 0 bridgehead atoms. The van der Waals surface area contributed by atoms with Gasteiger partial charge in [-0.05, 0) is 23.6 Å². The Labute approximate surface area is 95.1 Å². The van der Waals surface area contributed by atoms with E-state index in [1.807, 2.05) is 24.3 Å². The summed E-state index contributed by atoms with van der Waals surface area (Å²) in [6, 6.07) is 7.64. The largest absolute Gasteiger partial charge is 0.274 e. The number of hydrogen-bond acceptors (Lipinski definition) is 2. The molecule has 0 atom stereocenters. The molecule has 1 aliphatic rings. The van der Waals surface area contributed by atoms with E-state index >= 15 is 0 Å². The van der Waals surface area contributed by atoms with Gasteiger partial charge in [0, 0.05) is 12.8 Å². The van der Waals surface area contributed by atoms with Crippen LogP contribution >= 0.6 is 0 Å². The molecule has 0 N–H and O–H groups in total. The summed E-state index contributed by atoms with van der Waals surface area (Å²) < 4.78 is 0. The van der Waals surface area contributed by atoms with Gasteiger partial charge in [-0.3, -0.25) is 14.5 Å². The van der Waals surface area contributed by atoms with E-state index in [9.17, 15) is 9.59 Å². The van der Waals surface area contributed by atoms with Crippen molar-refractivity contribution in [1.82, 2.24) is 0 Å². The molecule has 84 valence electrons. The lowest BCUT2D eigenvalue weighted by Crippen LogP contribution is -2.28. The summed E-state index contributed by atoms with van der Waals surface area (Å²) in [6.07, 6.45) is 0.676. The Kier molecular flexibility index (Phi) is 2.77. The van der Waals surface area contributed by atoms with E-state index in [0.29, 0.717) is 24.4 Å². The Hall–Kier alpha value is -1.64. The highest BCUT2D eigenvalue weighted by Gasteiger charge is 2.30. The van der Waals surface area contributed by atoms with Gasteiger partial charge in [-0.25, -0.2) is 0 Å². The second kappa shape index (κ2) is 4.08. The van der Waals surface area contributed by atoms with E-state index in [1.54, 1.807) is 0 Å². The SMILES string of the molecule is CC(C)c1cccc(N2C(=O)CCC2=O)c1. The van der Waals surface area contributed by atoms with Gasteiger partial charge in [-0.2, -0.15) is 0 Å². The van der Waals surface area contributed by atoms with Gasteiger partial charge in [0.05, 0.1) is 5.69 Å². The highest BCUT2D eigenvalue weighted by Crippen LogP contribution is 2.25. The van der Waals surface area contributed by atoms with Crippen LogP contribution in [0.2, 0.25) is 0 Å². The van der Waals surface area contributed by atoms with Crippen LogP contribution < -0.4 is 4.90 Å². The van der Waals surface area contributed by atoms with Gasteiger partial charge in [0.15, 0.2) is 0 Å². The van der Waals surface area contributed by atoms with Gasteiger partial charge in [0.25, 0.3) is 0 Å². The molecule has 1 saturated heterocycles. The molecule has 3 nitrogen and oxygen atoms in total. The van der Waals surface area contributed by atoms with Crippen LogP contribution in [0, 0.1) is 0 Å². The maximum atomic E-state index is 11.6. The number of benzene rings is 1. The lowest BCUT2D eigenvalue weighted by Gasteiger charge is -2.15. The fourth-order valence-corrected chi connectivity index (χ4v) is 1.89. The quantitative estimate of drug-likeness (QED) is 0.713. The number of anilines is 1. The van der Waals surface area contributed by atoms with Crippen molar-refractivity contribution in [3.63, 3.8) is 0 Å². The van der Waals surface area contributed by atoms with Crippen LogP contribution in [0.15, 0.2) is 24.3 Å². The van der Waals surface area contributed by atoms with Crippen LogP contribution in [-0.4, -0.2) is 11.8 Å². The average molecular weight is 217 g/mol. The molecule has 0 saturated carbocycles. The fraction of sp³-hybridized carbons (Fsp3) is 0.385. The van der Waals surface area contributed by atoms with Gasteiger partial charge in [0.1, 0.15) is 0 Å². The predicted molar refractivity (Wildman–Crippen MR) is 62.3 cm³/mol. The summed E-state index contributed by atoms with van der Waals surface area (Å²) in [5.41, 5.74) is 1.85. The molecule has 1 aromatic rings. The summed E-state index contributed by atoms with van der Waals surface area (Å²) in [6.45, 7) is 4.18. The summed E-state index contributed by atoms with van der Waals surface area (Å²) in [5.74, 6) is 0.213. The minimum absolute atomic E-state index is 0.0918. The molecule has 0 aliphatic carbocycles. The third kappa shape index (κ3) is 1.85. The molecular formula is C13H15NO2. The molecule has 1 aliphatic heterocycles. The van der Waals surface area contributed by atoms with Gasteiger partial charge < -0.3 is 0 Å². The Morgan fingerprint density at radius 3 is 2.31 bits per heavy atom. The number of nitrogens with zero attached hydrogens (tertiary/aromatic N) is 1. The zero-order valence-corrected chi connectivity index (χ0v) is 9.56. The minimum Gasteiger partial charge on any atom is -0.274 e. The predicted octanol–water partition coefficient (Wildman–Crippen LogP) is 2.46. The van der Waals surface area contributed by atoms with Crippen molar-refractivity contribution in [1.29, 1.82) is 0 Å². The average Bonchev–Trinajstić information content (AvgIpc) is 2.59. The Bertz CT molecular complexity index is 421. The third-order valence-corrected chi connectivity index (χ3v) is 2.85. The highest BCUT2D eigenvalue weighted by molar-refractivity contribution is 6.19. The summed E-state index contributed by atoms with van der Waals surface area (Å²) >= 11 is 0. The smallest absolute Gasteiger partial charge is 0.234 e. The maximum Gasteiger partial charge on any atom is 0.234 e. The molecule has 0 aromatic heterocycles. The first-order valence-corrected chi connectivity index (χ1v) is 5.55. The molecular weight excluding hydrogens is 202 g/mol. The first-order valence-electron chi connectivity index (χ1n) is 5.55. The standard InChI is InChI=1S/C13H15NO2/c1-9(2)10-4-3-5-11(8-10)14-12(15)6-7-13(14)16/h3-5,8-9H,6-7H2,1-2H3. The normalized spacial score (nSPS) is 16.3. The van der Waals surface area contributed by atoms with Crippen LogP contribution in [0.3, 0.4) is 0 Å². The number of rotatable bonds is 2. The van der Waals surface area contributed by atoms with Crippen molar-refractivity contribution in [3.8, 4) is 0 Å². The van der Waals surface area contributed by atoms with Crippen molar-refractivity contribution in [2.75, 3.05) is 4.90 Å². The van der Waals surface area contributed by atoms with E-state index < -0.39 is 0 Å². The zero-order valence-electron chi connectivity index (χ0n) is 9.56. The topological polar surface area (TPSA) is 37.4 Å². The summed E-state index contributed by atoms with van der Waals surface area (Å²) in [7, 11) is 0. The third-order valence-electron chi connectivity index (χ3n) is 2.85. The lowest BCUT2D eigenvalue weighted by atomic mass is 10.0. The Morgan fingerprint density at radius 2 is 1.75 bits per heavy atom. The Morgan fingerprint density at radius 1 is 1.12 bits per heavy atom. The second-order valence-corrected chi connectivity index (χ2v) is 4.37. The summed E-state index contributed by atoms with van der Waals surface area (Å²) in [5, 5.41) is 0. The van der Waals surface area contributed by atoms with Gasteiger partial charge in [-0.15, -0.1) is 0 Å². The van der Waals surface area contributed by atoms with Crippen molar-refractivity contribution >= 4 is 17.5 Å². The molecule has 2 rings (SSSR count). The maximum absolute atomic E-state index is 11.6. The van der Waals surface area contributed by atoms with E-state index in [-0.39, 0.29) is 11.8 Å². The first kappa shape index (κ1) is 10.9. The van der Waals surface area contributed by atoms with E-state index in [0.717, 1.165) is 5.56 Å². The van der Waals surface area contributed by atoms with Crippen molar-refractivity contribution in [2.24, 2.45) is 0 Å². The van der Waals surface area contributed by atoms with Gasteiger partial charge >= 0.3 is 0 Å². The van der Waals surface area contributed by atoms with Gasteiger partial charge in [0.2, 0.25) is 11.8 Å². The van der Waals surface area contributed by atoms with E-state index in [4.69, 9.17) is 0 Å². The molecule has 3 heteroatoms. The van der Waals surface area contributed by atoms with E-state index in [1.165, 1.54) is 4.90 Å². The van der Waals surface area contributed by atoms with Crippen molar-refractivity contribution in [3.05, 3.63) is 29.8 Å². The number of carbonyl (C=O) groups excluding carboxylic acids is 2. The molecule has 16 heavy (non-hydrogen) atoms. The second-order valence-electron chi connectivity index (χ2n) is 4.37. The first-order chi connectivity index (χ1) is 7.59. The molecule has 1 fully saturated rings. The Balaban J connectivity index is 2.36. The molecule has 0 spiro atoms. The lowest BCUT2D eigenvalue weighted by molar-refractivity contribution is -0.121. The molecule has 2 amide bonds. The molecule has 0 radical (unpaired) electrons. The number of carbonyl (C=O) groups is 2. The minimum atomic E-state index is -0.0918. The van der Waals surface area contributed by atoms with Gasteiger partial charge in [-0.1, -0.05) is 26.0 Å². The highest BCUT2D eigenvalue weighted by atomic mass is 16.2. The van der Waals surface area contributed by atoms with E-state index in [2.05, 4.69) is 13.8 Å². The molecule has 1 heterocycles. The zero-order chi connectivity index (χ0) is 11.7. The molecule has 1 aromatic carbocycles.